The van der Waals surface area contributed by atoms with Crippen molar-refractivity contribution in [1.29, 1.82) is 0 Å². The number of rotatable bonds is 4. The molecule has 2 rings (SSSR count). The minimum Gasteiger partial charge on any atom is -0.399 e. The number of hydrogen-bond donors (Lipinski definition) is 3. The van der Waals surface area contributed by atoms with E-state index >= 15 is 0 Å². The lowest BCUT2D eigenvalue weighted by Gasteiger charge is -2.09. The van der Waals surface area contributed by atoms with Crippen LogP contribution in [-0.4, -0.2) is 21.7 Å². The van der Waals surface area contributed by atoms with Gasteiger partial charge in [0.05, 0.1) is 0 Å². The Kier molecular flexibility index (Phi) is 3.05. The first-order valence-corrected chi connectivity index (χ1v) is 5.20. The first kappa shape index (κ1) is 10.5. The third kappa shape index (κ3) is 2.50. The quantitative estimate of drug-likeness (QED) is 0.675. The van der Waals surface area contributed by atoms with Crippen molar-refractivity contribution < 1.29 is 0 Å². The Morgan fingerprint density at radius 2 is 2.31 bits per heavy atom. The Balaban J connectivity index is 1.90. The van der Waals surface area contributed by atoms with Crippen LogP contribution in [0.3, 0.4) is 0 Å². The number of nitrogens with one attached hydrogen (secondary N) is 2. The first-order chi connectivity index (χ1) is 7.75. The number of nitrogens with two attached hydrogens (primary N) is 1. The first-order valence-electron chi connectivity index (χ1n) is 5.20. The van der Waals surface area contributed by atoms with Crippen molar-refractivity contribution in [2.45, 2.75) is 13.3 Å². The van der Waals surface area contributed by atoms with Crippen LogP contribution in [0.2, 0.25) is 0 Å². The summed E-state index contributed by atoms with van der Waals surface area (Å²) < 4.78 is 0. The summed E-state index contributed by atoms with van der Waals surface area (Å²) in [6.45, 7) is 2.85. The zero-order valence-corrected chi connectivity index (χ0v) is 9.20. The van der Waals surface area contributed by atoms with Crippen LogP contribution in [0, 0.1) is 6.92 Å². The van der Waals surface area contributed by atoms with Gasteiger partial charge in [0.25, 0.3) is 0 Å². The average molecular weight is 217 g/mol. The summed E-state index contributed by atoms with van der Waals surface area (Å²) in [4.78, 5) is 4.06. The van der Waals surface area contributed by atoms with Gasteiger partial charge >= 0.3 is 0 Å². The van der Waals surface area contributed by atoms with E-state index in [1.165, 1.54) is 6.33 Å². The fraction of sp³-hybridized carbons (Fsp3) is 0.273. The van der Waals surface area contributed by atoms with E-state index in [-0.39, 0.29) is 0 Å². The highest BCUT2D eigenvalue weighted by Crippen LogP contribution is 2.17. The van der Waals surface area contributed by atoms with Gasteiger partial charge in [-0.05, 0) is 30.7 Å². The predicted octanol–water partition coefficient (Wildman–Crippen LogP) is 1.35. The van der Waals surface area contributed by atoms with Crippen molar-refractivity contribution >= 4 is 11.4 Å². The van der Waals surface area contributed by atoms with E-state index in [0.717, 1.165) is 35.7 Å². The molecule has 0 amide bonds. The van der Waals surface area contributed by atoms with Gasteiger partial charge in [-0.3, -0.25) is 5.10 Å². The molecular formula is C11H15N5. The van der Waals surface area contributed by atoms with E-state index < -0.39 is 0 Å². The maximum atomic E-state index is 5.68. The molecular weight excluding hydrogens is 202 g/mol. The van der Waals surface area contributed by atoms with Gasteiger partial charge in [0.15, 0.2) is 0 Å². The molecule has 16 heavy (non-hydrogen) atoms. The van der Waals surface area contributed by atoms with Crippen LogP contribution in [-0.2, 0) is 6.42 Å². The molecule has 0 atom stereocenters. The molecule has 0 bridgehead atoms. The minimum atomic E-state index is 0.790. The van der Waals surface area contributed by atoms with Crippen LogP contribution in [0.5, 0.6) is 0 Å². The molecule has 1 heterocycles. The van der Waals surface area contributed by atoms with Crippen molar-refractivity contribution in [2.24, 2.45) is 0 Å². The van der Waals surface area contributed by atoms with E-state index in [0.29, 0.717) is 0 Å². The van der Waals surface area contributed by atoms with Crippen molar-refractivity contribution in [1.82, 2.24) is 15.2 Å². The van der Waals surface area contributed by atoms with Gasteiger partial charge in [-0.25, -0.2) is 4.98 Å². The lowest BCUT2D eigenvalue weighted by molar-refractivity contribution is 0.900. The summed E-state index contributed by atoms with van der Waals surface area (Å²) in [6.07, 6.45) is 2.34. The standard InChI is InChI=1S/C11H15N5/c1-8-6-9(12)2-3-10(8)13-5-4-11-14-7-15-16-11/h2-3,6-7,13H,4-5,12H2,1H3,(H,14,15,16). The smallest absolute Gasteiger partial charge is 0.137 e. The number of aromatic amines is 1. The Morgan fingerprint density at radius 3 is 3.00 bits per heavy atom. The third-order valence-corrected chi connectivity index (χ3v) is 2.39. The van der Waals surface area contributed by atoms with E-state index in [4.69, 9.17) is 5.73 Å². The van der Waals surface area contributed by atoms with Crippen LogP contribution < -0.4 is 11.1 Å². The van der Waals surface area contributed by atoms with Crippen molar-refractivity contribution in [2.75, 3.05) is 17.6 Å². The molecule has 0 radical (unpaired) electrons. The predicted molar refractivity (Wildman–Crippen MR) is 64.2 cm³/mol. The molecule has 0 unspecified atom stereocenters. The number of H-pyrrole nitrogens is 1. The van der Waals surface area contributed by atoms with E-state index in [1.807, 2.05) is 25.1 Å². The monoisotopic (exact) mass is 217 g/mol. The van der Waals surface area contributed by atoms with E-state index in [2.05, 4.69) is 20.5 Å². The molecule has 4 N–H and O–H groups in total. The second kappa shape index (κ2) is 4.65. The normalized spacial score (nSPS) is 10.3. The number of hydrogen-bond acceptors (Lipinski definition) is 4. The van der Waals surface area contributed by atoms with Gasteiger partial charge < -0.3 is 11.1 Å². The van der Waals surface area contributed by atoms with Crippen LogP contribution in [0.25, 0.3) is 0 Å². The molecule has 84 valence electrons. The zero-order chi connectivity index (χ0) is 11.4. The number of benzene rings is 1. The SMILES string of the molecule is Cc1cc(N)ccc1NCCc1ncn[nH]1. The average Bonchev–Trinajstić information content (AvgIpc) is 2.74. The molecule has 0 aliphatic carbocycles. The van der Waals surface area contributed by atoms with Gasteiger partial charge in [-0.2, -0.15) is 5.10 Å². The zero-order valence-electron chi connectivity index (χ0n) is 9.20. The highest BCUT2D eigenvalue weighted by atomic mass is 15.2. The molecule has 0 aliphatic heterocycles. The Morgan fingerprint density at radius 1 is 1.44 bits per heavy atom. The summed E-state index contributed by atoms with van der Waals surface area (Å²) >= 11 is 0. The van der Waals surface area contributed by atoms with Gasteiger partial charge in [0.1, 0.15) is 12.2 Å². The summed E-state index contributed by atoms with van der Waals surface area (Å²) in [5.41, 5.74) is 8.73. The molecule has 0 aliphatic rings. The van der Waals surface area contributed by atoms with Gasteiger partial charge in [-0.15, -0.1) is 0 Å². The molecule has 0 saturated heterocycles. The molecule has 1 aromatic heterocycles. The van der Waals surface area contributed by atoms with Crippen LogP contribution in [0.4, 0.5) is 11.4 Å². The number of anilines is 2. The highest BCUT2D eigenvalue weighted by molar-refractivity contribution is 5.57. The maximum absolute atomic E-state index is 5.68. The second-order valence-electron chi connectivity index (χ2n) is 3.68. The van der Waals surface area contributed by atoms with Gasteiger partial charge in [0.2, 0.25) is 0 Å². The molecule has 5 nitrogen and oxygen atoms in total. The molecule has 5 heteroatoms. The van der Waals surface area contributed by atoms with Crippen molar-refractivity contribution in [3.8, 4) is 0 Å². The number of aryl methyl sites for hydroxylation is 1. The fourth-order valence-electron chi connectivity index (χ4n) is 1.55. The fourth-order valence-corrected chi connectivity index (χ4v) is 1.55. The summed E-state index contributed by atoms with van der Waals surface area (Å²) in [7, 11) is 0. The lowest BCUT2D eigenvalue weighted by atomic mass is 10.2. The van der Waals surface area contributed by atoms with Crippen LogP contribution in [0.1, 0.15) is 11.4 Å². The Labute approximate surface area is 94.1 Å². The molecule has 0 fully saturated rings. The van der Waals surface area contributed by atoms with Crippen LogP contribution >= 0.6 is 0 Å². The highest BCUT2D eigenvalue weighted by Gasteiger charge is 1.99. The maximum Gasteiger partial charge on any atom is 0.137 e. The third-order valence-electron chi connectivity index (χ3n) is 2.39. The Bertz CT molecular complexity index is 449. The molecule has 2 aromatic rings. The van der Waals surface area contributed by atoms with Crippen LogP contribution in [0.15, 0.2) is 24.5 Å². The Hall–Kier alpha value is -2.04. The van der Waals surface area contributed by atoms with Gasteiger partial charge in [-0.1, -0.05) is 0 Å². The minimum absolute atomic E-state index is 0.790. The summed E-state index contributed by atoms with van der Waals surface area (Å²) in [6, 6.07) is 5.84. The summed E-state index contributed by atoms with van der Waals surface area (Å²) in [5, 5.41) is 9.96. The number of aromatic nitrogens is 3. The number of nitrogen functional groups attached to an aromatic ring is 1. The topological polar surface area (TPSA) is 79.6 Å². The van der Waals surface area contributed by atoms with E-state index in [9.17, 15) is 0 Å². The second-order valence-corrected chi connectivity index (χ2v) is 3.68. The largest absolute Gasteiger partial charge is 0.399 e. The van der Waals surface area contributed by atoms with Crippen molar-refractivity contribution in [3.63, 3.8) is 0 Å². The lowest BCUT2D eigenvalue weighted by Crippen LogP contribution is -2.07. The molecule has 0 spiro atoms. The van der Waals surface area contributed by atoms with E-state index in [1.54, 1.807) is 0 Å². The van der Waals surface area contributed by atoms with Gasteiger partial charge in [0, 0.05) is 24.3 Å². The summed E-state index contributed by atoms with van der Waals surface area (Å²) in [5.74, 6) is 0.889. The van der Waals surface area contributed by atoms with Crippen molar-refractivity contribution in [3.05, 3.63) is 35.9 Å². The number of nitrogens with zero attached hydrogens (tertiary/aromatic N) is 2. The molecule has 0 saturated carbocycles. The molecule has 1 aromatic carbocycles.